The molecule has 0 aliphatic heterocycles. The third kappa shape index (κ3) is 2.66. The van der Waals surface area contributed by atoms with Crippen molar-refractivity contribution in [3.8, 4) is 0 Å². The van der Waals surface area contributed by atoms with E-state index in [0.717, 1.165) is 34.5 Å². The fourth-order valence-corrected chi connectivity index (χ4v) is 3.61. The van der Waals surface area contributed by atoms with Crippen LogP contribution in [0, 0.1) is 0 Å². The quantitative estimate of drug-likeness (QED) is 0.727. The Bertz CT molecular complexity index is 717. The number of thiazole rings is 1. The summed E-state index contributed by atoms with van der Waals surface area (Å²) >= 11 is 3.42. The number of thioether (sulfide) groups is 1. The maximum Gasteiger partial charge on any atom is 0.150 e. The van der Waals surface area contributed by atoms with Crippen LogP contribution in [-0.2, 0) is 13.1 Å². The molecular formula is C14H16N4S2. The molecular weight excluding hydrogens is 288 g/mol. The van der Waals surface area contributed by atoms with E-state index in [2.05, 4.69) is 51.2 Å². The highest BCUT2D eigenvalue weighted by Crippen LogP contribution is 2.30. The van der Waals surface area contributed by atoms with E-state index < -0.39 is 0 Å². The molecule has 0 bridgehead atoms. The van der Waals surface area contributed by atoms with Gasteiger partial charge in [-0.15, -0.1) is 11.3 Å². The monoisotopic (exact) mass is 304 g/mol. The second-order valence-corrected chi connectivity index (χ2v) is 6.43. The maximum atomic E-state index is 4.55. The summed E-state index contributed by atoms with van der Waals surface area (Å²) in [6, 6.07) is 6.30. The highest BCUT2D eigenvalue weighted by atomic mass is 32.2. The van der Waals surface area contributed by atoms with Gasteiger partial charge in [0.1, 0.15) is 5.82 Å². The van der Waals surface area contributed by atoms with Crippen molar-refractivity contribution in [3.05, 3.63) is 36.4 Å². The van der Waals surface area contributed by atoms with Crippen LogP contribution < -0.4 is 5.32 Å². The summed E-state index contributed by atoms with van der Waals surface area (Å²) in [6.45, 7) is 3.81. The Hall–Kier alpha value is -1.53. The third-order valence-electron chi connectivity index (χ3n) is 3.14. The van der Waals surface area contributed by atoms with Crippen LogP contribution >= 0.6 is 23.1 Å². The van der Waals surface area contributed by atoms with Crippen LogP contribution in [0.4, 0.5) is 5.69 Å². The molecule has 3 rings (SSSR count). The highest BCUT2D eigenvalue weighted by molar-refractivity contribution is 8.00. The minimum absolute atomic E-state index is 0.737. The Morgan fingerprint density at radius 1 is 1.40 bits per heavy atom. The number of aryl methyl sites for hydroxylation is 1. The fraction of sp³-hybridized carbons (Fsp3) is 0.286. The number of benzene rings is 1. The fourth-order valence-electron chi connectivity index (χ4n) is 2.08. The molecule has 2 heterocycles. The van der Waals surface area contributed by atoms with Crippen LogP contribution in [0.3, 0.4) is 0 Å². The molecule has 2 aromatic heterocycles. The smallest absolute Gasteiger partial charge is 0.150 e. The second-order valence-electron chi connectivity index (χ2n) is 4.35. The summed E-state index contributed by atoms with van der Waals surface area (Å²) in [5, 5.41) is 3.43. The van der Waals surface area contributed by atoms with Crippen molar-refractivity contribution in [1.82, 2.24) is 14.5 Å². The van der Waals surface area contributed by atoms with Gasteiger partial charge in [-0.25, -0.2) is 9.97 Å². The number of anilines is 1. The molecule has 0 aliphatic rings. The normalized spacial score (nSPS) is 11.1. The van der Waals surface area contributed by atoms with Gasteiger partial charge in [0.25, 0.3) is 0 Å². The molecule has 0 saturated heterocycles. The Morgan fingerprint density at radius 2 is 2.30 bits per heavy atom. The maximum absolute atomic E-state index is 4.55. The molecule has 6 heteroatoms. The van der Waals surface area contributed by atoms with E-state index in [4.69, 9.17) is 0 Å². The van der Waals surface area contributed by atoms with Gasteiger partial charge in [-0.1, -0.05) is 11.8 Å². The minimum atomic E-state index is 0.737. The van der Waals surface area contributed by atoms with Gasteiger partial charge in [0, 0.05) is 24.6 Å². The SMILES string of the molecule is CCn1ccnc1CNc1ccc2nc(SC)sc2c1. The van der Waals surface area contributed by atoms with Gasteiger partial charge < -0.3 is 9.88 Å². The number of hydrogen-bond acceptors (Lipinski definition) is 5. The molecule has 0 spiro atoms. The van der Waals surface area contributed by atoms with E-state index in [-0.39, 0.29) is 0 Å². The molecule has 0 fully saturated rings. The van der Waals surface area contributed by atoms with E-state index in [9.17, 15) is 0 Å². The average molecular weight is 304 g/mol. The first-order valence-corrected chi connectivity index (χ1v) is 8.52. The molecule has 104 valence electrons. The summed E-state index contributed by atoms with van der Waals surface area (Å²) in [7, 11) is 0. The van der Waals surface area contributed by atoms with E-state index in [1.54, 1.807) is 23.1 Å². The Balaban J connectivity index is 1.77. The zero-order valence-corrected chi connectivity index (χ0v) is 13.1. The molecule has 20 heavy (non-hydrogen) atoms. The predicted octanol–water partition coefficient (Wildman–Crippen LogP) is 3.85. The predicted molar refractivity (Wildman–Crippen MR) is 86.6 cm³/mol. The topological polar surface area (TPSA) is 42.7 Å². The lowest BCUT2D eigenvalue weighted by Crippen LogP contribution is -2.07. The molecule has 0 radical (unpaired) electrons. The molecule has 1 N–H and O–H groups in total. The molecule has 0 saturated carbocycles. The highest BCUT2D eigenvalue weighted by Gasteiger charge is 2.05. The lowest BCUT2D eigenvalue weighted by Gasteiger charge is -2.07. The third-order valence-corrected chi connectivity index (χ3v) is 5.14. The molecule has 1 aromatic carbocycles. The van der Waals surface area contributed by atoms with Crippen molar-refractivity contribution < 1.29 is 0 Å². The number of aromatic nitrogens is 3. The van der Waals surface area contributed by atoms with Gasteiger partial charge in [0.2, 0.25) is 0 Å². The van der Waals surface area contributed by atoms with Gasteiger partial charge in [-0.3, -0.25) is 0 Å². The van der Waals surface area contributed by atoms with Crippen LogP contribution in [0.5, 0.6) is 0 Å². The van der Waals surface area contributed by atoms with Crippen LogP contribution in [0.2, 0.25) is 0 Å². The lowest BCUT2D eigenvalue weighted by molar-refractivity contribution is 0.708. The lowest BCUT2D eigenvalue weighted by atomic mass is 10.3. The number of imidazole rings is 1. The van der Waals surface area contributed by atoms with Crippen molar-refractivity contribution >= 4 is 39.0 Å². The molecule has 0 aliphatic carbocycles. The van der Waals surface area contributed by atoms with Crippen molar-refractivity contribution in [1.29, 1.82) is 0 Å². The zero-order chi connectivity index (χ0) is 13.9. The molecule has 0 atom stereocenters. The van der Waals surface area contributed by atoms with Crippen LogP contribution in [-0.4, -0.2) is 20.8 Å². The zero-order valence-electron chi connectivity index (χ0n) is 11.5. The first kappa shape index (κ1) is 13.5. The summed E-state index contributed by atoms with van der Waals surface area (Å²) in [5.74, 6) is 1.06. The summed E-state index contributed by atoms with van der Waals surface area (Å²) in [4.78, 5) is 8.92. The largest absolute Gasteiger partial charge is 0.378 e. The standard InChI is InChI=1S/C14H16N4S2/c1-3-18-7-6-15-13(18)9-16-10-4-5-11-12(8-10)20-14(17-11)19-2/h4-8,16H,3,9H2,1-2H3. The van der Waals surface area contributed by atoms with E-state index in [0.29, 0.717) is 0 Å². The number of rotatable bonds is 5. The number of hydrogen-bond donors (Lipinski definition) is 1. The number of nitrogens with zero attached hydrogens (tertiary/aromatic N) is 3. The van der Waals surface area contributed by atoms with Crippen molar-refractivity contribution in [3.63, 3.8) is 0 Å². The van der Waals surface area contributed by atoms with E-state index >= 15 is 0 Å². The van der Waals surface area contributed by atoms with Crippen molar-refractivity contribution in [2.24, 2.45) is 0 Å². The van der Waals surface area contributed by atoms with Crippen molar-refractivity contribution in [2.75, 3.05) is 11.6 Å². The van der Waals surface area contributed by atoms with Crippen LogP contribution in [0.15, 0.2) is 34.9 Å². The summed E-state index contributed by atoms with van der Waals surface area (Å²) in [5.41, 5.74) is 2.18. The first-order valence-electron chi connectivity index (χ1n) is 6.48. The van der Waals surface area contributed by atoms with Crippen LogP contribution in [0.1, 0.15) is 12.7 Å². The molecule has 3 aromatic rings. The van der Waals surface area contributed by atoms with Crippen molar-refractivity contribution in [2.45, 2.75) is 24.4 Å². The van der Waals surface area contributed by atoms with Gasteiger partial charge >= 0.3 is 0 Å². The summed E-state index contributed by atoms with van der Waals surface area (Å²) in [6.07, 6.45) is 5.91. The first-order chi connectivity index (χ1) is 9.80. The van der Waals surface area contributed by atoms with Gasteiger partial charge in [0.15, 0.2) is 4.34 Å². The summed E-state index contributed by atoms with van der Waals surface area (Å²) < 4.78 is 4.47. The molecule has 0 amide bonds. The number of nitrogens with one attached hydrogen (secondary N) is 1. The van der Waals surface area contributed by atoms with E-state index in [1.807, 2.05) is 12.4 Å². The Morgan fingerprint density at radius 3 is 3.10 bits per heavy atom. The van der Waals surface area contributed by atoms with Gasteiger partial charge in [0.05, 0.1) is 16.8 Å². The van der Waals surface area contributed by atoms with Gasteiger partial charge in [-0.05, 0) is 31.4 Å². The van der Waals surface area contributed by atoms with Crippen LogP contribution in [0.25, 0.3) is 10.2 Å². The number of fused-ring (bicyclic) bond motifs is 1. The average Bonchev–Trinajstić information content (AvgIpc) is 3.10. The van der Waals surface area contributed by atoms with E-state index in [1.165, 1.54) is 4.70 Å². The second kappa shape index (κ2) is 5.85. The molecule has 0 unspecified atom stereocenters. The minimum Gasteiger partial charge on any atom is -0.378 e. The Kier molecular flexibility index (Phi) is 3.93. The Labute approximate surface area is 126 Å². The van der Waals surface area contributed by atoms with Gasteiger partial charge in [-0.2, -0.15) is 0 Å². The molecule has 4 nitrogen and oxygen atoms in total.